The van der Waals surface area contributed by atoms with E-state index < -0.39 is 7.47 Å². The Morgan fingerprint density at radius 2 is 1.70 bits per heavy atom. The lowest BCUT2D eigenvalue weighted by Crippen LogP contribution is -2.61. The lowest BCUT2D eigenvalue weighted by Gasteiger charge is -2.28. The summed E-state index contributed by atoms with van der Waals surface area (Å²) in [6.45, 7) is 12.3. The van der Waals surface area contributed by atoms with Crippen molar-refractivity contribution in [1.29, 1.82) is 0 Å². The highest BCUT2D eigenvalue weighted by molar-refractivity contribution is 6.35. The van der Waals surface area contributed by atoms with Crippen LogP contribution in [0.1, 0.15) is 58.2 Å². The molecule has 0 atom stereocenters. The van der Waals surface area contributed by atoms with Gasteiger partial charge >= 0.3 is 7.47 Å². The number of benzene rings is 2. The second-order valence-corrected chi connectivity index (χ2v) is 9.48. The zero-order valence-electron chi connectivity index (χ0n) is 18.4. The van der Waals surface area contributed by atoms with E-state index in [4.69, 9.17) is 4.65 Å². The normalized spacial score (nSPS) is 12.5. The van der Waals surface area contributed by atoms with Crippen LogP contribution in [-0.2, 0) is 10.8 Å². The molecule has 3 rings (SSSR count). The van der Waals surface area contributed by atoms with Crippen LogP contribution in [0.5, 0.6) is 5.75 Å². The molecule has 0 spiro atoms. The van der Waals surface area contributed by atoms with Crippen molar-refractivity contribution < 1.29 is 18.3 Å². The fourth-order valence-electron chi connectivity index (χ4n) is 3.35. The van der Waals surface area contributed by atoms with E-state index in [0.717, 1.165) is 27.7 Å². The maximum absolute atomic E-state index is 13.3. The predicted octanol–water partition coefficient (Wildman–Crippen LogP) is 4.96. The number of rotatable bonds is 4. The molecule has 0 saturated carbocycles. The molecule has 156 valence electrons. The van der Waals surface area contributed by atoms with Crippen LogP contribution < -0.4 is 9.65 Å². The van der Waals surface area contributed by atoms with Gasteiger partial charge in [0, 0.05) is 12.3 Å². The molecule has 0 unspecified atom stereocenters. The smallest absolute Gasteiger partial charge is 0.504 e. The molecule has 0 aliphatic rings. The molecule has 0 fully saturated rings. The predicted molar refractivity (Wildman–Crippen MR) is 120 cm³/mol. The van der Waals surface area contributed by atoms with Crippen molar-refractivity contribution in [3.8, 4) is 5.75 Å². The van der Waals surface area contributed by atoms with E-state index in [2.05, 4.69) is 30.7 Å². The monoisotopic (exact) mass is 409 g/mol. The van der Waals surface area contributed by atoms with E-state index in [1.165, 1.54) is 0 Å². The molecule has 3 aromatic rings. The van der Waals surface area contributed by atoms with E-state index in [9.17, 15) is 8.63 Å². The SMILES string of the molecule is CC(C)(C)c1cc(C=[NH+]c2cccc3ncccc23)c(OB(F)F)c(C(C)(C)C)c1. The average Bonchev–Trinajstić information content (AvgIpc) is 2.64. The minimum atomic E-state index is -2.90. The molecular weight excluding hydrogens is 381 g/mol. The van der Waals surface area contributed by atoms with E-state index >= 15 is 0 Å². The summed E-state index contributed by atoms with van der Waals surface area (Å²) in [7, 11) is -2.90. The molecule has 6 heteroatoms. The molecule has 0 aliphatic carbocycles. The third kappa shape index (κ3) is 4.86. The van der Waals surface area contributed by atoms with Gasteiger partial charge in [0.2, 0.25) is 5.69 Å². The van der Waals surface area contributed by atoms with Crippen LogP contribution >= 0.6 is 0 Å². The third-order valence-corrected chi connectivity index (χ3v) is 5.03. The maximum Gasteiger partial charge on any atom is 0.796 e. The van der Waals surface area contributed by atoms with Crippen LogP contribution in [0.25, 0.3) is 10.9 Å². The van der Waals surface area contributed by atoms with Gasteiger partial charge in [-0.15, -0.1) is 0 Å². The van der Waals surface area contributed by atoms with Crippen LogP contribution in [0.2, 0.25) is 0 Å². The number of hydrogen-bond donors (Lipinski definition) is 1. The fourth-order valence-corrected chi connectivity index (χ4v) is 3.35. The number of hydrogen-bond acceptors (Lipinski definition) is 2. The number of fused-ring (bicyclic) bond motifs is 1. The first-order chi connectivity index (χ1) is 14.0. The zero-order valence-corrected chi connectivity index (χ0v) is 18.4. The van der Waals surface area contributed by atoms with Crippen molar-refractivity contribution in [2.75, 3.05) is 0 Å². The highest BCUT2D eigenvalue weighted by Gasteiger charge is 2.30. The molecule has 0 radical (unpaired) electrons. The second-order valence-electron chi connectivity index (χ2n) is 9.48. The Hall–Kier alpha value is -2.76. The van der Waals surface area contributed by atoms with Crippen LogP contribution in [0.4, 0.5) is 14.3 Å². The standard InChI is InChI=1S/C24H27BF2N2O/c1-23(2,3)17-13-16(22(30-25(26)27)19(14-17)24(4,5)6)15-29-21-11-7-10-20-18(21)9-8-12-28-20/h7-15H,1-6H3/p+1. The van der Waals surface area contributed by atoms with Gasteiger partial charge in [0.1, 0.15) is 5.75 Å². The van der Waals surface area contributed by atoms with Gasteiger partial charge in [-0.2, -0.15) is 0 Å². The average molecular weight is 409 g/mol. The topological polar surface area (TPSA) is 36.1 Å². The van der Waals surface area contributed by atoms with Crippen LogP contribution in [0.15, 0.2) is 48.7 Å². The number of nitrogens with one attached hydrogen (secondary N) is 1. The van der Waals surface area contributed by atoms with Crippen LogP contribution in [0.3, 0.4) is 0 Å². The Morgan fingerprint density at radius 1 is 0.967 bits per heavy atom. The Kier molecular flexibility index (Phi) is 5.98. The molecule has 0 saturated heterocycles. The van der Waals surface area contributed by atoms with E-state index in [1.54, 1.807) is 12.4 Å². The van der Waals surface area contributed by atoms with Crippen molar-refractivity contribution in [2.24, 2.45) is 0 Å². The molecule has 30 heavy (non-hydrogen) atoms. The van der Waals surface area contributed by atoms with Gasteiger partial charge < -0.3 is 4.65 Å². The largest absolute Gasteiger partial charge is 0.796 e. The van der Waals surface area contributed by atoms with Gasteiger partial charge in [0.15, 0.2) is 6.21 Å². The molecule has 0 aliphatic heterocycles. The third-order valence-electron chi connectivity index (χ3n) is 5.03. The van der Waals surface area contributed by atoms with Gasteiger partial charge in [0.25, 0.3) is 0 Å². The molecule has 1 N–H and O–H groups in total. The molecule has 0 amide bonds. The lowest BCUT2D eigenvalue weighted by molar-refractivity contribution is -0.344. The van der Waals surface area contributed by atoms with Crippen molar-refractivity contribution >= 4 is 30.3 Å². The van der Waals surface area contributed by atoms with Gasteiger partial charge in [0.05, 0.1) is 16.5 Å². The maximum atomic E-state index is 13.3. The summed E-state index contributed by atoms with van der Waals surface area (Å²) in [5, 5.41) is 0.954. The summed E-state index contributed by atoms with van der Waals surface area (Å²) in [5.74, 6) is 0.205. The minimum Gasteiger partial charge on any atom is -0.504 e. The van der Waals surface area contributed by atoms with Gasteiger partial charge in [-0.25, -0.2) is 13.6 Å². The summed E-state index contributed by atoms with van der Waals surface area (Å²) in [5.41, 5.74) is 3.60. The Morgan fingerprint density at radius 3 is 2.33 bits per heavy atom. The Bertz CT molecular complexity index is 1080. The first-order valence-corrected chi connectivity index (χ1v) is 10.0. The molecule has 0 bridgehead atoms. The van der Waals surface area contributed by atoms with Gasteiger partial charge in [-0.05, 0) is 46.2 Å². The van der Waals surface area contributed by atoms with Gasteiger partial charge in [-0.1, -0.05) is 53.7 Å². The van der Waals surface area contributed by atoms with Crippen molar-refractivity contribution in [2.45, 2.75) is 52.4 Å². The van der Waals surface area contributed by atoms with E-state index in [-0.39, 0.29) is 16.6 Å². The Labute approximate surface area is 177 Å². The van der Waals surface area contributed by atoms with E-state index in [1.807, 2.05) is 63.2 Å². The molecule has 3 nitrogen and oxygen atoms in total. The number of nitrogens with zero attached hydrogens (tertiary/aromatic N) is 1. The highest BCUT2D eigenvalue weighted by Crippen LogP contribution is 2.38. The highest BCUT2D eigenvalue weighted by atomic mass is 19.2. The molecule has 1 heterocycles. The van der Waals surface area contributed by atoms with Crippen molar-refractivity contribution in [1.82, 2.24) is 4.98 Å². The molecule has 2 aromatic carbocycles. The summed E-state index contributed by atoms with van der Waals surface area (Å²) in [4.78, 5) is 7.65. The van der Waals surface area contributed by atoms with E-state index in [0.29, 0.717) is 5.56 Å². The summed E-state index contributed by atoms with van der Waals surface area (Å²) in [6.07, 6.45) is 3.48. The van der Waals surface area contributed by atoms with Crippen molar-refractivity contribution in [3.63, 3.8) is 0 Å². The molecule has 1 aromatic heterocycles. The first kappa shape index (κ1) is 21.9. The molecular formula is C24H28BF2N2O+. The minimum absolute atomic E-state index is 0.144. The fraction of sp³-hybridized carbons (Fsp3) is 0.333. The lowest BCUT2D eigenvalue weighted by atomic mass is 9.79. The zero-order chi connectivity index (χ0) is 22.1. The number of halogens is 2. The first-order valence-electron chi connectivity index (χ1n) is 10.0. The van der Waals surface area contributed by atoms with Gasteiger partial charge in [-0.3, -0.25) is 4.98 Å². The Balaban J connectivity index is 2.21. The quantitative estimate of drug-likeness (QED) is 0.488. The van der Waals surface area contributed by atoms with Crippen LogP contribution in [-0.4, -0.2) is 18.7 Å². The van der Waals surface area contributed by atoms with Crippen LogP contribution in [0, 0.1) is 0 Å². The number of aromatic nitrogens is 1. The summed E-state index contributed by atoms with van der Waals surface area (Å²) < 4.78 is 31.6. The second kappa shape index (κ2) is 8.17. The number of pyridine rings is 1. The summed E-state index contributed by atoms with van der Waals surface area (Å²) >= 11 is 0. The van der Waals surface area contributed by atoms with Crippen molar-refractivity contribution in [3.05, 3.63) is 65.4 Å². The summed E-state index contributed by atoms with van der Waals surface area (Å²) in [6, 6.07) is 13.5.